The first-order valence-electron chi connectivity index (χ1n) is 15.0. The highest BCUT2D eigenvalue weighted by Crippen LogP contribution is 2.64. The number of hydrogen-bond acceptors (Lipinski definition) is 1. The molecule has 1 nitrogen and oxygen atoms in total. The summed E-state index contributed by atoms with van der Waals surface area (Å²) in [5, 5.41) is 6.14. The van der Waals surface area contributed by atoms with Gasteiger partial charge in [-0.05, 0) is 72.8 Å². The molecule has 8 aromatic rings. The van der Waals surface area contributed by atoms with Gasteiger partial charge in [0.2, 0.25) is 0 Å². The molecule has 0 bridgehead atoms. The Labute approximate surface area is 249 Å². The molecule has 0 amide bonds. The Bertz CT molecular complexity index is 2420. The monoisotopic (exact) mass is 543 g/mol. The van der Waals surface area contributed by atoms with Gasteiger partial charge in [0, 0.05) is 16.3 Å². The zero-order valence-electron chi connectivity index (χ0n) is 23.4. The molecule has 0 N–H and O–H groups in total. The third-order valence-corrected chi connectivity index (χ3v) is 9.85. The molecular formula is C42H25N. The number of nitrogens with zero attached hydrogens (tertiary/aromatic N) is 1. The Kier molecular flexibility index (Phi) is 4.44. The molecule has 198 valence electrons. The van der Waals surface area contributed by atoms with E-state index in [0.29, 0.717) is 0 Å². The summed E-state index contributed by atoms with van der Waals surface area (Å²) in [5.74, 6) is 0. The van der Waals surface area contributed by atoms with Crippen LogP contribution >= 0.6 is 0 Å². The van der Waals surface area contributed by atoms with E-state index < -0.39 is 0 Å². The first-order valence-corrected chi connectivity index (χ1v) is 15.0. The van der Waals surface area contributed by atoms with Gasteiger partial charge in [-0.1, -0.05) is 140 Å². The Hall–Kier alpha value is -5.53. The van der Waals surface area contributed by atoms with E-state index in [4.69, 9.17) is 4.98 Å². The fraction of sp³-hybridized carbons (Fsp3) is 0.0238. The fourth-order valence-corrected chi connectivity index (χ4v) is 8.17. The lowest BCUT2D eigenvalue weighted by molar-refractivity contribution is 0.794. The third-order valence-electron chi connectivity index (χ3n) is 9.85. The fourth-order valence-electron chi connectivity index (χ4n) is 8.17. The van der Waals surface area contributed by atoms with Crippen molar-refractivity contribution in [1.82, 2.24) is 4.98 Å². The standard InChI is InChI=1S/C42H25N/c1-2-12-27-25-28(22-21-26(27)11-1)41-40-32(31-15-6-10-20-38(31)43-41)23-24-37-39(40)33-16-5-9-19-36(33)42(37)34-17-7-3-13-29(34)30-14-4-8-18-35(30)42/h1-25H. The Morgan fingerprint density at radius 2 is 1.02 bits per heavy atom. The Morgan fingerprint density at radius 1 is 0.419 bits per heavy atom. The molecule has 0 saturated carbocycles. The van der Waals surface area contributed by atoms with E-state index in [9.17, 15) is 0 Å². The molecule has 1 heteroatoms. The van der Waals surface area contributed by atoms with Gasteiger partial charge in [0.25, 0.3) is 0 Å². The highest BCUT2D eigenvalue weighted by atomic mass is 14.7. The number of fused-ring (bicyclic) bond motifs is 15. The number of rotatable bonds is 1. The second kappa shape index (κ2) is 8.27. The van der Waals surface area contributed by atoms with Gasteiger partial charge in [-0.2, -0.15) is 0 Å². The first kappa shape index (κ1) is 23.1. The SMILES string of the molecule is c1ccc2c(c1)-c1ccccc1C21c2ccccc2-c2c1ccc1c2c(-c2ccc3ccccc3c2)nc2ccccc21. The molecule has 2 aliphatic rings. The van der Waals surface area contributed by atoms with Gasteiger partial charge < -0.3 is 0 Å². The number of benzene rings is 7. The molecule has 1 spiro atoms. The lowest BCUT2D eigenvalue weighted by Crippen LogP contribution is -2.25. The van der Waals surface area contributed by atoms with Gasteiger partial charge in [0.05, 0.1) is 16.6 Å². The van der Waals surface area contributed by atoms with E-state index in [-0.39, 0.29) is 5.41 Å². The van der Waals surface area contributed by atoms with Crippen LogP contribution in [0.1, 0.15) is 22.3 Å². The van der Waals surface area contributed by atoms with Crippen LogP contribution in [0.15, 0.2) is 152 Å². The molecule has 1 aromatic heterocycles. The molecule has 2 aliphatic carbocycles. The molecule has 0 saturated heterocycles. The summed E-state index contributed by atoms with van der Waals surface area (Å²) in [6.07, 6.45) is 0. The summed E-state index contributed by atoms with van der Waals surface area (Å²) in [7, 11) is 0. The van der Waals surface area contributed by atoms with Crippen LogP contribution in [-0.4, -0.2) is 4.98 Å². The number of pyridine rings is 1. The first-order chi connectivity index (χ1) is 21.3. The van der Waals surface area contributed by atoms with Crippen LogP contribution in [-0.2, 0) is 5.41 Å². The maximum absolute atomic E-state index is 5.43. The van der Waals surface area contributed by atoms with Gasteiger partial charge in [-0.15, -0.1) is 0 Å². The van der Waals surface area contributed by atoms with Gasteiger partial charge in [-0.3, -0.25) is 0 Å². The number of para-hydroxylation sites is 1. The summed E-state index contributed by atoms with van der Waals surface area (Å²) in [6.45, 7) is 0. The summed E-state index contributed by atoms with van der Waals surface area (Å²) >= 11 is 0. The van der Waals surface area contributed by atoms with E-state index in [2.05, 4.69) is 152 Å². The average Bonchev–Trinajstić information content (AvgIpc) is 3.55. The zero-order valence-corrected chi connectivity index (χ0v) is 23.4. The lowest BCUT2D eigenvalue weighted by atomic mass is 9.70. The molecule has 10 rings (SSSR count). The smallest absolute Gasteiger partial charge is 0.0794 e. The van der Waals surface area contributed by atoms with Gasteiger partial charge in [0.15, 0.2) is 0 Å². The molecular weight excluding hydrogens is 518 g/mol. The van der Waals surface area contributed by atoms with Crippen molar-refractivity contribution in [2.75, 3.05) is 0 Å². The molecule has 1 heterocycles. The predicted molar refractivity (Wildman–Crippen MR) is 178 cm³/mol. The van der Waals surface area contributed by atoms with Crippen molar-refractivity contribution in [2.24, 2.45) is 0 Å². The van der Waals surface area contributed by atoms with Crippen molar-refractivity contribution in [1.29, 1.82) is 0 Å². The molecule has 7 aromatic carbocycles. The molecule has 0 fully saturated rings. The zero-order chi connectivity index (χ0) is 28.1. The van der Waals surface area contributed by atoms with Crippen LogP contribution in [0.3, 0.4) is 0 Å². The van der Waals surface area contributed by atoms with Gasteiger partial charge in [0.1, 0.15) is 0 Å². The second-order valence-corrected chi connectivity index (χ2v) is 11.8. The van der Waals surface area contributed by atoms with Gasteiger partial charge >= 0.3 is 0 Å². The highest BCUT2D eigenvalue weighted by Gasteiger charge is 2.52. The predicted octanol–water partition coefficient (Wildman–Crippen LogP) is 10.6. The van der Waals surface area contributed by atoms with E-state index >= 15 is 0 Å². The van der Waals surface area contributed by atoms with Crippen LogP contribution < -0.4 is 0 Å². The summed E-state index contributed by atoms with van der Waals surface area (Å²) in [5.41, 5.74) is 13.5. The Morgan fingerprint density at radius 3 is 1.79 bits per heavy atom. The minimum absolute atomic E-state index is 0.375. The second-order valence-electron chi connectivity index (χ2n) is 11.8. The van der Waals surface area contributed by atoms with Crippen LogP contribution in [0.5, 0.6) is 0 Å². The third kappa shape index (κ3) is 2.84. The molecule has 0 atom stereocenters. The number of hydrogen-bond donors (Lipinski definition) is 0. The minimum atomic E-state index is -0.375. The van der Waals surface area contributed by atoms with E-state index in [1.165, 1.54) is 71.4 Å². The van der Waals surface area contributed by atoms with Crippen LogP contribution in [0.4, 0.5) is 0 Å². The molecule has 0 radical (unpaired) electrons. The topological polar surface area (TPSA) is 12.9 Å². The molecule has 0 unspecified atom stereocenters. The summed E-state index contributed by atoms with van der Waals surface area (Å²) < 4.78 is 0. The van der Waals surface area contributed by atoms with Crippen LogP contribution in [0.2, 0.25) is 0 Å². The van der Waals surface area contributed by atoms with Gasteiger partial charge in [-0.25, -0.2) is 4.98 Å². The highest BCUT2D eigenvalue weighted by molar-refractivity contribution is 6.19. The quantitative estimate of drug-likeness (QED) is 0.188. The Balaban J connectivity index is 1.42. The maximum Gasteiger partial charge on any atom is 0.0794 e. The summed E-state index contributed by atoms with van der Waals surface area (Å²) in [6, 6.07) is 55.8. The van der Waals surface area contributed by atoms with Crippen molar-refractivity contribution in [3.63, 3.8) is 0 Å². The van der Waals surface area contributed by atoms with Crippen molar-refractivity contribution < 1.29 is 0 Å². The minimum Gasteiger partial charge on any atom is -0.247 e. The van der Waals surface area contributed by atoms with Crippen LogP contribution in [0, 0.1) is 0 Å². The van der Waals surface area contributed by atoms with E-state index in [1.807, 2.05) is 0 Å². The van der Waals surface area contributed by atoms with E-state index in [0.717, 1.165) is 16.8 Å². The lowest BCUT2D eigenvalue weighted by Gasteiger charge is -2.30. The van der Waals surface area contributed by atoms with E-state index in [1.54, 1.807) is 0 Å². The molecule has 43 heavy (non-hydrogen) atoms. The summed E-state index contributed by atoms with van der Waals surface area (Å²) in [4.78, 5) is 5.43. The van der Waals surface area contributed by atoms with Crippen molar-refractivity contribution >= 4 is 32.4 Å². The largest absolute Gasteiger partial charge is 0.247 e. The average molecular weight is 544 g/mol. The number of aromatic nitrogens is 1. The van der Waals surface area contributed by atoms with Crippen molar-refractivity contribution in [2.45, 2.75) is 5.41 Å². The normalized spacial score (nSPS) is 13.8. The molecule has 0 aliphatic heterocycles. The van der Waals surface area contributed by atoms with Crippen molar-refractivity contribution in [3.05, 3.63) is 174 Å². The van der Waals surface area contributed by atoms with Crippen molar-refractivity contribution in [3.8, 4) is 33.5 Å². The maximum atomic E-state index is 5.43. The van der Waals surface area contributed by atoms with Crippen LogP contribution in [0.25, 0.3) is 66.0 Å².